The molecule has 0 amide bonds. The molecule has 2 aromatic rings. The lowest BCUT2D eigenvalue weighted by molar-refractivity contribution is 0.227. The average Bonchev–Trinajstić information content (AvgIpc) is 2.67. The van der Waals surface area contributed by atoms with Gasteiger partial charge in [0.05, 0.1) is 21.3 Å². The van der Waals surface area contributed by atoms with Gasteiger partial charge >= 0.3 is 0 Å². The molecule has 0 spiro atoms. The number of aliphatic hydroxyl groups excluding tert-OH is 1. The Kier molecular flexibility index (Phi) is 7.15. The number of hydrogen-bond acceptors (Lipinski definition) is 6. The zero-order valence-corrected chi connectivity index (χ0v) is 15.1. The molecule has 3 N–H and O–H groups in total. The van der Waals surface area contributed by atoms with Crippen LogP contribution in [0.2, 0.25) is 0 Å². The van der Waals surface area contributed by atoms with Crippen LogP contribution in [0, 0.1) is 11.8 Å². The van der Waals surface area contributed by atoms with Crippen molar-refractivity contribution in [3.8, 4) is 34.8 Å². The first-order valence-electron chi connectivity index (χ1n) is 8.05. The van der Waals surface area contributed by atoms with E-state index < -0.39 is 6.10 Å². The Hall–Kier alpha value is -2.88. The molecule has 6 heteroatoms. The summed E-state index contributed by atoms with van der Waals surface area (Å²) in [5.74, 6) is 7.35. The minimum Gasteiger partial charge on any atom is -0.504 e. The first kappa shape index (κ1) is 19.4. The van der Waals surface area contributed by atoms with Crippen LogP contribution >= 0.6 is 0 Å². The van der Waals surface area contributed by atoms with Gasteiger partial charge in [-0.1, -0.05) is 17.9 Å². The minimum atomic E-state index is -0.824. The topological polar surface area (TPSA) is 80.2 Å². The number of methoxy groups -OCH3 is 3. The fraction of sp³-hybridized carbons (Fsp3) is 0.300. The molecule has 1 unspecified atom stereocenters. The maximum absolute atomic E-state index is 9.99. The maximum atomic E-state index is 9.99. The van der Waals surface area contributed by atoms with E-state index in [4.69, 9.17) is 14.2 Å². The number of benzene rings is 2. The summed E-state index contributed by atoms with van der Waals surface area (Å²) in [6.07, 6.45) is -0.824. The van der Waals surface area contributed by atoms with Crippen molar-refractivity contribution in [2.45, 2.75) is 12.6 Å². The van der Waals surface area contributed by atoms with Gasteiger partial charge in [0, 0.05) is 18.7 Å². The molecule has 2 aromatic carbocycles. The van der Waals surface area contributed by atoms with Crippen molar-refractivity contribution >= 4 is 0 Å². The standard InChI is InChI=1S/C20H23NO5/c1-24-18-9-6-15(11-20(18)26-3)12-21-13-16(22)7-4-14-5-8-17(23)19(10-14)25-2/h5-6,8-11,16,21-23H,12-13H2,1-3H3. The summed E-state index contributed by atoms with van der Waals surface area (Å²) in [6.45, 7) is 0.878. The molecule has 0 fully saturated rings. The van der Waals surface area contributed by atoms with Gasteiger partial charge in [0.1, 0.15) is 6.10 Å². The second kappa shape index (κ2) is 9.56. The van der Waals surface area contributed by atoms with E-state index in [0.29, 0.717) is 35.9 Å². The van der Waals surface area contributed by atoms with Gasteiger partial charge in [-0.3, -0.25) is 0 Å². The highest BCUT2D eigenvalue weighted by Crippen LogP contribution is 2.27. The Balaban J connectivity index is 1.89. The Morgan fingerprint density at radius 3 is 2.38 bits per heavy atom. The van der Waals surface area contributed by atoms with Crippen molar-refractivity contribution in [1.29, 1.82) is 0 Å². The molecule has 6 nitrogen and oxygen atoms in total. The lowest BCUT2D eigenvalue weighted by atomic mass is 10.2. The third-order valence-electron chi connectivity index (χ3n) is 3.68. The van der Waals surface area contributed by atoms with Crippen molar-refractivity contribution in [2.75, 3.05) is 27.9 Å². The molecular formula is C20H23NO5. The first-order chi connectivity index (χ1) is 12.6. The molecule has 0 saturated heterocycles. The third kappa shape index (κ3) is 5.31. The van der Waals surface area contributed by atoms with E-state index in [0.717, 1.165) is 5.56 Å². The molecule has 0 saturated carbocycles. The molecule has 0 aromatic heterocycles. The Morgan fingerprint density at radius 2 is 1.69 bits per heavy atom. The van der Waals surface area contributed by atoms with Crippen LogP contribution in [0.25, 0.3) is 0 Å². The van der Waals surface area contributed by atoms with E-state index in [-0.39, 0.29) is 5.75 Å². The predicted molar refractivity (Wildman–Crippen MR) is 98.8 cm³/mol. The SMILES string of the molecule is COc1cc(C#CC(O)CNCc2ccc(OC)c(OC)c2)ccc1O. The first-order valence-corrected chi connectivity index (χ1v) is 8.05. The molecule has 1 atom stereocenters. The quantitative estimate of drug-likeness (QED) is 0.657. The second-order valence-corrected chi connectivity index (χ2v) is 5.49. The van der Waals surface area contributed by atoms with Gasteiger partial charge in [-0.15, -0.1) is 0 Å². The Morgan fingerprint density at radius 1 is 0.962 bits per heavy atom. The van der Waals surface area contributed by atoms with E-state index in [2.05, 4.69) is 17.2 Å². The number of aromatic hydroxyl groups is 1. The molecule has 0 bridgehead atoms. The number of rotatable bonds is 7. The van der Waals surface area contributed by atoms with Gasteiger partial charge in [-0.2, -0.15) is 0 Å². The van der Waals surface area contributed by atoms with Crippen molar-refractivity contribution in [3.63, 3.8) is 0 Å². The van der Waals surface area contributed by atoms with Crippen molar-refractivity contribution in [1.82, 2.24) is 5.32 Å². The highest BCUT2D eigenvalue weighted by molar-refractivity contribution is 5.47. The smallest absolute Gasteiger partial charge is 0.161 e. The number of nitrogens with one attached hydrogen (secondary N) is 1. The molecule has 0 aliphatic carbocycles. The van der Waals surface area contributed by atoms with E-state index >= 15 is 0 Å². The summed E-state index contributed by atoms with van der Waals surface area (Å²) >= 11 is 0. The molecule has 0 heterocycles. The summed E-state index contributed by atoms with van der Waals surface area (Å²) in [7, 11) is 4.65. The average molecular weight is 357 g/mol. The van der Waals surface area contributed by atoms with Gasteiger partial charge in [-0.05, 0) is 35.9 Å². The number of aliphatic hydroxyl groups is 1. The van der Waals surface area contributed by atoms with Gasteiger partial charge in [-0.25, -0.2) is 0 Å². The largest absolute Gasteiger partial charge is 0.504 e. The Labute approximate surface area is 153 Å². The summed E-state index contributed by atoms with van der Waals surface area (Å²) in [6, 6.07) is 10.4. The fourth-order valence-electron chi connectivity index (χ4n) is 2.32. The predicted octanol–water partition coefficient (Wildman–Crippen LogP) is 1.92. The molecule has 0 radical (unpaired) electrons. The molecule has 138 valence electrons. The van der Waals surface area contributed by atoms with Gasteiger partial charge in [0.15, 0.2) is 23.0 Å². The second-order valence-electron chi connectivity index (χ2n) is 5.49. The summed E-state index contributed by atoms with van der Waals surface area (Å²) < 4.78 is 15.5. The van der Waals surface area contributed by atoms with Crippen molar-refractivity contribution < 1.29 is 24.4 Å². The highest BCUT2D eigenvalue weighted by atomic mass is 16.5. The number of hydrogen-bond donors (Lipinski definition) is 3. The monoisotopic (exact) mass is 357 g/mol. The summed E-state index contributed by atoms with van der Waals surface area (Å²) in [5, 5.41) is 22.7. The van der Waals surface area contributed by atoms with E-state index in [9.17, 15) is 10.2 Å². The van der Waals surface area contributed by atoms with Crippen LogP contribution < -0.4 is 19.5 Å². The third-order valence-corrected chi connectivity index (χ3v) is 3.68. The van der Waals surface area contributed by atoms with Crippen LogP contribution in [0.4, 0.5) is 0 Å². The molecule has 0 aliphatic rings. The summed E-state index contributed by atoms with van der Waals surface area (Å²) in [5.41, 5.74) is 1.66. The summed E-state index contributed by atoms with van der Waals surface area (Å²) in [4.78, 5) is 0. The van der Waals surface area contributed by atoms with Crippen LogP contribution in [-0.2, 0) is 6.54 Å². The van der Waals surface area contributed by atoms with Gasteiger partial charge in [0.2, 0.25) is 0 Å². The zero-order chi connectivity index (χ0) is 18.9. The minimum absolute atomic E-state index is 0.0511. The van der Waals surface area contributed by atoms with Crippen LogP contribution in [-0.4, -0.2) is 44.2 Å². The van der Waals surface area contributed by atoms with E-state index in [1.54, 1.807) is 26.4 Å². The van der Waals surface area contributed by atoms with Gasteiger partial charge < -0.3 is 29.7 Å². The van der Waals surface area contributed by atoms with Crippen LogP contribution in [0.15, 0.2) is 36.4 Å². The number of phenols is 1. The normalized spacial score (nSPS) is 11.2. The van der Waals surface area contributed by atoms with Crippen LogP contribution in [0.5, 0.6) is 23.0 Å². The van der Waals surface area contributed by atoms with E-state index in [1.165, 1.54) is 13.2 Å². The molecule has 26 heavy (non-hydrogen) atoms. The number of phenolic OH excluding ortho intramolecular Hbond substituents is 1. The molecule has 0 aliphatic heterocycles. The van der Waals surface area contributed by atoms with Gasteiger partial charge in [0.25, 0.3) is 0 Å². The van der Waals surface area contributed by atoms with Crippen molar-refractivity contribution in [2.24, 2.45) is 0 Å². The van der Waals surface area contributed by atoms with Crippen LogP contribution in [0.1, 0.15) is 11.1 Å². The lowest BCUT2D eigenvalue weighted by Gasteiger charge is -2.11. The molecular weight excluding hydrogens is 334 g/mol. The maximum Gasteiger partial charge on any atom is 0.161 e. The van der Waals surface area contributed by atoms with Crippen molar-refractivity contribution in [3.05, 3.63) is 47.5 Å². The fourth-order valence-corrected chi connectivity index (χ4v) is 2.32. The zero-order valence-electron chi connectivity index (χ0n) is 15.1. The highest BCUT2D eigenvalue weighted by Gasteiger charge is 2.05. The Bertz CT molecular complexity index is 795. The molecule has 2 rings (SSSR count). The number of ether oxygens (including phenoxy) is 3. The van der Waals surface area contributed by atoms with Crippen LogP contribution in [0.3, 0.4) is 0 Å². The van der Waals surface area contributed by atoms with E-state index in [1.807, 2.05) is 18.2 Å². The lowest BCUT2D eigenvalue weighted by Crippen LogP contribution is -2.25.